The van der Waals surface area contributed by atoms with Crippen molar-refractivity contribution in [3.8, 4) is 0 Å². The molecule has 1 aromatic heterocycles. The second-order valence-electron chi connectivity index (χ2n) is 7.38. The number of ether oxygens (including phenoxy) is 1. The van der Waals surface area contributed by atoms with Gasteiger partial charge in [0.15, 0.2) is 6.61 Å². The Hall–Kier alpha value is -2.23. The predicted molar refractivity (Wildman–Crippen MR) is 112 cm³/mol. The molecule has 0 saturated carbocycles. The summed E-state index contributed by atoms with van der Waals surface area (Å²) < 4.78 is 31.6. The van der Waals surface area contributed by atoms with Gasteiger partial charge < -0.3 is 9.64 Å². The molecular weight excluding hydrogens is 412 g/mol. The first-order valence-corrected chi connectivity index (χ1v) is 11.5. The maximum absolute atomic E-state index is 12.6. The number of hydrogen-bond donors (Lipinski definition) is 1. The highest BCUT2D eigenvalue weighted by Crippen LogP contribution is 2.18. The first-order valence-electron chi connectivity index (χ1n) is 9.13. The van der Waals surface area contributed by atoms with Crippen LogP contribution in [0.25, 0.3) is 0 Å². The smallest absolute Gasteiger partial charge is 0.307 e. The fourth-order valence-corrected chi connectivity index (χ4v) is 4.60. The Morgan fingerprint density at radius 1 is 1.10 bits per heavy atom. The summed E-state index contributed by atoms with van der Waals surface area (Å²) in [4.78, 5) is 26.2. The minimum absolute atomic E-state index is 0.0970. The molecule has 0 fully saturated rings. The third kappa shape index (κ3) is 7.26. The molecule has 1 amide bonds. The van der Waals surface area contributed by atoms with E-state index in [9.17, 15) is 18.0 Å². The quantitative estimate of drug-likeness (QED) is 0.608. The van der Waals surface area contributed by atoms with Crippen LogP contribution in [0.15, 0.2) is 52.1 Å². The summed E-state index contributed by atoms with van der Waals surface area (Å²) in [6, 6.07) is 12.7. The zero-order valence-corrected chi connectivity index (χ0v) is 18.4. The van der Waals surface area contributed by atoms with E-state index >= 15 is 0 Å². The van der Waals surface area contributed by atoms with Gasteiger partial charge in [-0.2, -0.15) is 0 Å². The van der Waals surface area contributed by atoms with Crippen molar-refractivity contribution >= 4 is 33.2 Å². The van der Waals surface area contributed by atoms with E-state index in [4.69, 9.17) is 4.74 Å². The summed E-state index contributed by atoms with van der Waals surface area (Å²) in [5, 5.41) is 1.66. The van der Waals surface area contributed by atoms with Crippen LogP contribution in [0.5, 0.6) is 0 Å². The van der Waals surface area contributed by atoms with E-state index in [0.717, 1.165) is 16.9 Å². The number of carbonyl (C=O) groups is 2. The van der Waals surface area contributed by atoms with Crippen LogP contribution in [-0.4, -0.2) is 43.9 Å². The molecule has 1 heterocycles. The lowest BCUT2D eigenvalue weighted by atomic mass is 10.0. The van der Waals surface area contributed by atoms with Gasteiger partial charge in [0.1, 0.15) is 4.21 Å². The van der Waals surface area contributed by atoms with Gasteiger partial charge >= 0.3 is 5.97 Å². The highest BCUT2D eigenvalue weighted by molar-refractivity contribution is 7.91. The van der Waals surface area contributed by atoms with Gasteiger partial charge in [0.2, 0.25) is 10.0 Å². The normalized spacial score (nSPS) is 11.8. The van der Waals surface area contributed by atoms with Crippen molar-refractivity contribution in [3.63, 3.8) is 0 Å². The summed E-state index contributed by atoms with van der Waals surface area (Å²) in [5.41, 5.74) is 0.528. The SMILES string of the molecule is CC(C)(C)N(Cc1ccccc1)C(=O)COC(=O)CCNS(=O)(=O)c1cccs1. The molecule has 2 aromatic rings. The summed E-state index contributed by atoms with van der Waals surface area (Å²) in [6.45, 7) is 5.65. The maximum Gasteiger partial charge on any atom is 0.307 e. The molecule has 0 unspecified atom stereocenters. The van der Waals surface area contributed by atoms with E-state index in [2.05, 4.69) is 4.72 Å². The van der Waals surface area contributed by atoms with Crippen molar-refractivity contribution in [1.82, 2.24) is 9.62 Å². The van der Waals surface area contributed by atoms with Crippen molar-refractivity contribution in [1.29, 1.82) is 0 Å². The number of thiophene rings is 1. The van der Waals surface area contributed by atoms with Crippen LogP contribution < -0.4 is 4.72 Å². The van der Waals surface area contributed by atoms with Crippen molar-refractivity contribution < 1.29 is 22.7 Å². The van der Waals surface area contributed by atoms with E-state index in [1.165, 1.54) is 6.07 Å². The summed E-state index contributed by atoms with van der Waals surface area (Å²) in [5.74, 6) is -0.949. The third-order valence-corrected chi connectivity index (χ3v) is 6.89. The molecule has 0 aliphatic carbocycles. The Labute approximate surface area is 175 Å². The molecule has 1 aromatic carbocycles. The van der Waals surface area contributed by atoms with Gasteiger partial charge in [0.25, 0.3) is 5.91 Å². The number of benzene rings is 1. The average molecular weight is 439 g/mol. The Kier molecular flexibility index (Phi) is 7.95. The Bertz CT molecular complexity index is 904. The number of hydrogen-bond acceptors (Lipinski definition) is 6. The van der Waals surface area contributed by atoms with Crippen molar-refractivity contribution in [2.24, 2.45) is 0 Å². The standard InChI is InChI=1S/C20H26N2O5S2/c1-20(2,3)22(14-16-8-5-4-6-9-16)17(23)15-27-18(24)11-12-21-29(25,26)19-10-7-13-28-19/h4-10,13,21H,11-12,14-15H2,1-3H3. The minimum atomic E-state index is -3.63. The van der Waals surface area contributed by atoms with Gasteiger partial charge in [0.05, 0.1) is 6.42 Å². The summed E-state index contributed by atoms with van der Waals surface area (Å²) >= 11 is 1.09. The Morgan fingerprint density at radius 2 is 1.79 bits per heavy atom. The molecule has 7 nitrogen and oxygen atoms in total. The van der Waals surface area contributed by atoms with E-state index in [1.807, 2.05) is 51.1 Å². The van der Waals surface area contributed by atoms with Crippen molar-refractivity contribution in [3.05, 3.63) is 53.4 Å². The molecule has 0 saturated heterocycles. The predicted octanol–water partition coefficient (Wildman–Crippen LogP) is 2.79. The molecule has 2 rings (SSSR count). The van der Waals surface area contributed by atoms with Crippen LogP contribution in [-0.2, 0) is 30.9 Å². The van der Waals surface area contributed by atoms with Crippen LogP contribution >= 0.6 is 11.3 Å². The van der Waals surface area contributed by atoms with Crippen LogP contribution in [0.4, 0.5) is 0 Å². The second-order valence-corrected chi connectivity index (χ2v) is 10.3. The van der Waals surface area contributed by atoms with Crippen LogP contribution in [0.2, 0.25) is 0 Å². The van der Waals surface area contributed by atoms with E-state index in [0.29, 0.717) is 6.54 Å². The van der Waals surface area contributed by atoms with Gasteiger partial charge in [-0.15, -0.1) is 11.3 Å². The topological polar surface area (TPSA) is 92.8 Å². The lowest BCUT2D eigenvalue weighted by molar-refractivity contribution is -0.154. The second kappa shape index (κ2) is 10.00. The minimum Gasteiger partial charge on any atom is -0.456 e. The first-order chi connectivity index (χ1) is 13.6. The number of amides is 1. The number of nitrogens with one attached hydrogen (secondary N) is 1. The Balaban J connectivity index is 1.83. The fraction of sp³-hybridized carbons (Fsp3) is 0.400. The molecule has 9 heteroatoms. The van der Waals surface area contributed by atoms with Gasteiger partial charge in [0, 0.05) is 18.6 Å². The monoisotopic (exact) mass is 438 g/mol. The number of nitrogens with zero attached hydrogens (tertiary/aromatic N) is 1. The van der Waals surface area contributed by atoms with E-state index < -0.39 is 21.5 Å². The van der Waals surface area contributed by atoms with Gasteiger partial charge in [-0.3, -0.25) is 9.59 Å². The molecule has 0 radical (unpaired) electrons. The van der Waals surface area contributed by atoms with Crippen molar-refractivity contribution in [2.45, 2.75) is 43.5 Å². The lowest BCUT2D eigenvalue weighted by Gasteiger charge is -2.35. The highest BCUT2D eigenvalue weighted by Gasteiger charge is 2.27. The van der Waals surface area contributed by atoms with Gasteiger partial charge in [-0.05, 0) is 37.8 Å². The Morgan fingerprint density at radius 3 is 2.38 bits per heavy atom. The zero-order valence-electron chi connectivity index (χ0n) is 16.8. The van der Waals surface area contributed by atoms with Crippen LogP contribution in [0, 0.1) is 0 Å². The number of sulfonamides is 1. The van der Waals surface area contributed by atoms with Crippen LogP contribution in [0.1, 0.15) is 32.8 Å². The molecular formula is C20H26N2O5S2. The molecule has 158 valence electrons. The van der Waals surface area contributed by atoms with E-state index in [-0.39, 0.29) is 29.7 Å². The molecule has 0 atom stereocenters. The fourth-order valence-electron chi connectivity index (χ4n) is 2.53. The summed E-state index contributed by atoms with van der Waals surface area (Å²) in [7, 11) is -3.63. The summed E-state index contributed by atoms with van der Waals surface area (Å²) in [6.07, 6.45) is -0.161. The molecule has 0 bridgehead atoms. The number of esters is 1. The molecule has 29 heavy (non-hydrogen) atoms. The van der Waals surface area contributed by atoms with Crippen LogP contribution in [0.3, 0.4) is 0 Å². The van der Waals surface area contributed by atoms with Gasteiger partial charge in [-0.25, -0.2) is 13.1 Å². The maximum atomic E-state index is 12.6. The third-order valence-electron chi connectivity index (χ3n) is 4.03. The van der Waals surface area contributed by atoms with E-state index in [1.54, 1.807) is 16.3 Å². The number of rotatable bonds is 9. The first kappa shape index (κ1) is 23.1. The highest BCUT2D eigenvalue weighted by atomic mass is 32.2. The molecule has 1 N–H and O–H groups in total. The van der Waals surface area contributed by atoms with Gasteiger partial charge in [-0.1, -0.05) is 36.4 Å². The van der Waals surface area contributed by atoms with Crippen molar-refractivity contribution in [2.75, 3.05) is 13.2 Å². The zero-order chi connectivity index (χ0) is 21.5. The molecule has 0 spiro atoms. The molecule has 0 aliphatic rings. The molecule has 0 aliphatic heterocycles. The largest absolute Gasteiger partial charge is 0.456 e. The number of carbonyl (C=O) groups excluding carboxylic acids is 2. The lowest BCUT2D eigenvalue weighted by Crippen LogP contribution is -2.46. The average Bonchev–Trinajstić information content (AvgIpc) is 3.20.